The van der Waals surface area contributed by atoms with Gasteiger partial charge in [0.2, 0.25) is 17.6 Å². The molecule has 1 aliphatic rings. The van der Waals surface area contributed by atoms with Gasteiger partial charge in [-0.3, -0.25) is 19.7 Å². The molecule has 7 nitrogen and oxygen atoms in total. The molecule has 0 radical (unpaired) electrons. The van der Waals surface area contributed by atoms with Gasteiger partial charge < -0.3 is 10.2 Å². The second kappa shape index (κ2) is 7.06. The van der Waals surface area contributed by atoms with E-state index in [1.165, 1.54) is 12.1 Å². The van der Waals surface area contributed by atoms with E-state index in [4.69, 9.17) is 0 Å². The fourth-order valence-electron chi connectivity index (χ4n) is 2.76. The zero-order valence-electron chi connectivity index (χ0n) is 13.6. The SMILES string of the molecule is O=C(Nc1ccc(F)c(F)c1)C1CC(=O)N(c2ccc(F)c([N+](=O)[O-])c2)C1. The van der Waals surface area contributed by atoms with Crippen LogP contribution in [0.1, 0.15) is 6.42 Å². The Labute approximate surface area is 150 Å². The molecule has 2 aromatic rings. The van der Waals surface area contributed by atoms with Crippen LogP contribution in [-0.2, 0) is 9.59 Å². The Balaban J connectivity index is 1.75. The van der Waals surface area contributed by atoms with Gasteiger partial charge in [0, 0.05) is 30.8 Å². The predicted molar refractivity (Wildman–Crippen MR) is 88.5 cm³/mol. The largest absolute Gasteiger partial charge is 0.326 e. The highest BCUT2D eigenvalue weighted by molar-refractivity contribution is 6.03. The third-order valence-corrected chi connectivity index (χ3v) is 4.12. The lowest BCUT2D eigenvalue weighted by Gasteiger charge is -2.16. The van der Waals surface area contributed by atoms with Gasteiger partial charge in [0.1, 0.15) is 0 Å². The van der Waals surface area contributed by atoms with E-state index in [0.29, 0.717) is 0 Å². The van der Waals surface area contributed by atoms with Crippen LogP contribution >= 0.6 is 0 Å². The number of nitro groups is 1. The molecule has 3 rings (SSSR count). The summed E-state index contributed by atoms with van der Waals surface area (Å²) in [6, 6.07) is 5.84. The Morgan fingerprint density at radius 1 is 1.11 bits per heavy atom. The molecule has 0 bridgehead atoms. The molecule has 1 N–H and O–H groups in total. The molecule has 0 aromatic heterocycles. The summed E-state index contributed by atoms with van der Waals surface area (Å²) in [5.41, 5.74) is -0.659. The molecule has 1 aliphatic heterocycles. The number of rotatable bonds is 4. The molecule has 2 amide bonds. The molecule has 1 atom stereocenters. The lowest BCUT2D eigenvalue weighted by atomic mass is 10.1. The van der Waals surface area contributed by atoms with Crippen LogP contribution in [0, 0.1) is 33.5 Å². The second-order valence-electron chi connectivity index (χ2n) is 5.92. The first-order valence-corrected chi connectivity index (χ1v) is 7.76. The van der Waals surface area contributed by atoms with E-state index >= 15 is 0 Å². The molecule has 1 unspecified atom stereocenters. The standard InChI is InChI=1S/C17H12F3N3O4/c18-12-3-1-10(6-14(12)20)21-17(25)9-5-16(24)22(8-9)11-2-4-13(19)15(7-11)23(26)27/h1-4,6-7,9H,5,8H2,(H,21,25). The first-order chi connectivity index (χ1) is 12.8. The van der Waals surface area contributed by atoms with Crippen molar-refractivity contribution in [1.82, 2.24) is 0 Å². The first kappa shape index (κ1) is 18.4. The van der Waals surface area contributed by atoms with Crippen molar-refractivity contribution < 1.29 is 27.7 Å². The summed E-state index contributed by atoms with van der Waals surface area (Å²) in [6.45, 7) is -0.0862. The van der Waals surface area contributed by atoms with Crippen molar-refractivity contribution in [3.8, 4) is 0 Å². The lowest BCUT2D eigenvalue weighted by molar-refractivity contribution is -0.387. The highest BCUT2D eigenvalue weighted by Crippen LogP contribution is 2.30. The van der Waals surface area contributed by atoms with E-state index < -0.39 is 45.8 Å². The molecule has 1 saturated heterocycles. The van der Waals surface area contributed by atoms with E-state index in [0.717, 1.165) is 29.2 Å². The molecule has 0 aliphatic carbocycles. The minimum atomic E-state index is -1.13. The maximum Gasteiger partial charge on any atom is 0.306 e. The number of anilines is 2. The number of nitro benzene ring substituents is 1. The van der Waals surface area contributed by atoms with Crippen LogP contribution in [0.2, 0.25) is 0 Å². The number of amides is 2. The van der Waals surface area contributed by atoms with Crippen molar-refractivity contribution in [2.24, 2.45) is 5.92 Å². The Hall–Kier alpha value is -3.43. The molecular formula is C17H12F3N3O4. The van der Waals surface area contributed by atoms with Crippen LogP contribution in [-0.4, -0.2) is 23.3 Å². The number of nitrogens with zero attached hydrogens (tertiary/aromatic N) is 2. The highest BCUT2D eigenvalue weighted by Gasteiger charge is 2.36. The Kier molecular flexibility index (Phi) is 4.80. The van der Waals surface area contributed by atoms with Gasteiger partial charge in [-0.1, -0.05) is 0 Å². The van der Waals surface area contributed by atoms with Crippen LogP contribution in [0.5, 0.6) is 0 Å². The maximum absolute atomic E-state index is 13.4. The fourth-order valence-corrected chi connectivity index (χ4v) is 2.76. The molecule has 1 fully saturated rings. The van der Waals surface area contributed by atoms with E-state index in [1.54, 1.807) is 0 Å². The summed E-state index contributed by atoms with van der Waals surface area (Å²) in [6.07, 6.45) is -0.180. The van der Waals surface area contributed by atoms with Crippen molar-refractivity contribution in [3.05, 3.63) is 64.0 Å². The van der Waals surface area contributed by atoms with Gasteiger partial charge in [-0.05, 0) is 24.3 Å². The lowest BCUT2D eigenvalue weighted by Crippen LogP contribution is -2.28. The van der Waals surface area contributed by atoms with Crippen molar-refractivity contribution in [2.45, 2.75) is 6.42 Å². The first-order valence-electron chi connectivity index (χ1n) is 7.76. The average molecular weight is 379 g/mol. The molecule has 27 heavy (non-hydrogen) atoms. The molecule has 0 spiro atoms. The molecule has 0 saturated carbocycles. The van der Waals surface area contributed by atoms with E-state index in [-0.39, 0.29) is 24.3 Å². The zero-order chi connectivity index (χ0) is 19.7. The van der Waals surface area contributed by atoms with Crippen molar-refractivity contribution in [3.63, 3.8) is 0 Å². The van der Waals surface area contributed by atoms with Gasteiger partial charge in [0.05, 0.1) is 16.5 Å². The number of benzene rings is 2. The third-order valence-electron chi connectivity index (χ3n) is 4.12. The molecule has 1 heterocycles. The number of hydrogen-bond donors (Lipinski definition) is 1. The molecule has 140 valence electrons. The van der Waals surface area contributed by atoms with Gasteiger partial charge in [-0.15, -0.1) is 0 Å². The van der Waals surface area contributed by atoms with Crippen LogP contribution in [0.15, 0.2) is 36.4 Å². The number of carbonyl (C=O) groups is 2. The van der Waals surface area contributed by atoms with Crippen LogP contribution in [0.3, 0.4) is 0 Å². The summed E-state index contributed by atoms with van der Waals surface area (Å²) in [5, 5.41) is 13.2. The van der Waals surface area contributed by atoms with Crippen LogP contribution in [0.25, 0.3) is 0 Å². The van der Waals surface area contributed by atoms with Gasteiger partial charge in [-0.25, -0.2) is 8.78 Å². The van der Waals surface area contributed by atoms with Crippen LogP contribution in [0.4, 0.5) is 30.2 Å². The zero-order valence-corrected chi connectivity index (χ0v) is 13.6. The molecule has 2 aromatic carbocycles. The fraction of sp³-hybridized carbons (Fsp3) is 0.176. The minimum absolute atomic E-state index is 0.0298. The summed E-state index contributed by atoms with van der Waals surface area (Å²) < 4.78 is 39.6. The predicted octanol–water partition coefficient (Wildman–Crippen LogP) is 3.00. The van der Waals surface area contributed by atoms with E-state index in [9.17, 15) is 32.9 Å². The van der Waals surface area contributed by atoms with Gasteiger partial charge in [0.15, 0.2) is 11.6 Å². The monoisotopic (exact) mass is 379 g/mol. The normalized spacial score (nSPS) is 16.5. The Morgan fingerprint density at radius 3 is 2.48 bits per heavy atom. The van der Waals surface area contributed by atoms with Gasteiger partial charge >= 0.3 is 5.69 Å². The van der Waals surface area contributed by atoms with E-state index in [2.05, 4.69) is 5.32 Å². The van der Waals surface area contributed by atoms with Crippen molar-refractivity contribution in [2.75, 3.05) is 16.8 Å². The summed E-state index contributed by atoms with van der Waals surface area (Å²) in [4.78, 5) is 35.5. The van der Waals surface area contributed by atoms with Gasteiger partial charge in [-0.2, -0.15) is 4.39 Å². The average Bonchev–Trinajstić information content (AvgIpc) is 3.00. The maximum atomic E-state index is 13.4. The van der Waals surface area contributed by atoms with Crippen molar-refractivity contribution in [1.29, 1.82) is 0 Å². The third kappa shape index (κ3) is 3.73. The number of hydrogen-bond acceptors (Lipinski definition) is 4. The van der Waals surface area contributed by atoms with E-state index in [1.807, 2.05) is 0 Å². The number of nitrogens with one attached hydrogen (secondary N) is 1. The Morgan fingerprint density at radius 2 is 1.81 bits per heavy atom. The van der Waals surface area contributed by atoms with Crippen LogP contribution < -0.4 is 10.2 Å². The van der Waals surface area contributed by atoms with Gasteiger partial charge in [0.25, 0.3) is 0 Å². The molecule has 10 heteroatoms. The number of halogens is 3. The topological polar surface area (TPSA) is 92.6 Å². The summed E-state index contributed by atoms with van der Waals surface area (Å²) in [7, 11) is 0. The second-order valence-corrected chi connectivity index (χ2v) is 5.92. The molecular weight excluding hydrogens is 367 g/mol. The quantitative estimate of drug-likeness (QED) is 0.653. The number of carbonyl (C=O) groups excluding carboxylic acids is 2. The Bertz CT molecular complexity index is 951. The minimum Gasteiger partial charge on any atom is -0.326 e. The summed E-state index contributed by atoms with van der Waals surface area (Å²) in [5.74, 6) is -5.10. The highest BCUT2D eigenvalue weighted by atomic mass is 19.2. The van der Waals surface area contributed by atoms with Crippen molar-refractivity contribution >= 4 is 28.9 Å². The summed E-state index contributed by atoms with van der Waals surface area (Å²) >= 11 is 0. The smallest absolute Gasteiger partial charge is 0.306 e.